The minimum Gasteiger partial charge on any atom is -0.422 e. The monoisotopic (exact) mass is 401 g/mol. The van der Waals surface area contributed by atoms with Crippen LogP contribution in [0.2, 0.25) is 0 Å². The minimum absolute atomic E-state index is 0.0184. The zero-order valence-electron chi connectivity index (χ0n) is 12.3. The van der Waals surface area contributed by atoms with Crippen molar-refractivity contribution in [3.8, 4) is 5.75 Å². The first-order valence-corrected chi connectivity index (χ1v) is 8.65. The fraction of sp³-hybridized carbons (Fsp3) is 0.133. The molecule has 122 valence electrons. The van der Waals surface area contributed by atoms with Crippen LogP contribution in [0.4, 0.5) is 4.39 Å². The lowest BCUT2D eigenvalue weighted by Gasteiger charge is -2.12. The van der Waals surface area contributed by atoms with Gasteiger partial charge in [-0.25, -0.2) is 21.9 Å². The molecule has 0 unspecified atom stereocenters. The van der Waals surface area contributed by atoms with E-state index in [0.29, 0.717) is 0 Å². The second kappa shape index (κ2) is 6.77. The van der Waals surface area contributed by atoms with E-state index in [2.05, 4.69) is 15.9 Å². The smallest absolute Gasteiger partial charge is 0.343 e. The van der Waals surface area contributed by atoms with Crippen LogP contribution in [0.3, 0.4) is 0 Å². The molecular formula is C15H13BrFNO4S. The van der Waals surface area contributed by atoms with Gasteiger partial charge >= 0.3 is 5.97 Å². The summed E-state index contributed by atoms with van der Waals surface area (Å²) in [6, 6.07) is 9.13. The third-order valence-electron chi connectivity index (χ3n) is 2.94. The van der Waals surface area contributed by atoms with Gasteiger partial charge in [-0.15, -0.1) is 0 Å². The maximum absolute atomic E-state index is 13.0. The Bertz CT molecular complexity index is 852. The summed E-state index contributed by atoms with van der Waals surface area (Å²) in [4.78, 5) is 12.1. The highest BCUT2D eigenvalue weighted by Gasteiger charge is 2.19. The van der Waals surface area contributed by atoms with Gasteiger partial charge in [-0.1, -0.05) is 6.07 Å². The number of hydrogen-bond acceptors (Lipinski definition) is 4. The van der Waals surface area contributed by atoms with E-state index in [0.717, 1.165) is 16.4 Å². The number of hydrogen-bond donors (Lipinski definition) is 0. The lowest BCUT2D eigenvalue weighted by Crippen LogP contribution is -2.22. The van der Waals surface area contributed by atoms with Crippen molar-refractivity contribution in [2.24, 2.45) is 0 Å². The van der Waals surface area contributed by atoms with E-state index in [1.807, 2.05) is 0 Å². The van der Waals surface area contributed by atoms with Crippen LogP contribution in [-0.2, 0) is 10.0 Å². The van der Waals surface area contributed by atoms with Gasteiger partial charge in [0.25, 0.3) is 0 Å². The number of carbonyl (C=O) groups excluding carboxylic acids is 1. The lowest BCUT2D eigenvalue weighted by molar-refractivity contribution is 0.0733. The number of carbonyl (C=O) groups is 1. The second-order valence-electron chi connectivity index (χ2n) is 4.78. The molecule has 0 aliphatic carbocycles. The molecule has 2 aromatic carbocycles. The van der Waals surface area contributed by atoms with Crippen LogP contribution >= 0.6 is 15.9 Å². The van der Waals surface area contributed by atoms with E-state index in [9.17, 15) is 17.6 Å². The molecule has 0 amide bonds. The maximum Gasteiger partial charge on any atom is 0.343 e. The second-order valence-corrected chi connectivity index (χ2v) is 7.79. The van der Waals surface area contributed by atoms with E-state index < -0.39 is 21.8 Å². The van der Waals surface area contributed by atoms with E-state index in [1.165, 1.54) is 44.4 Å². The molecule has 0 bridgehead atoms. The highest BCUT2D eigenvalue weighted by Crippen LogP contribution is 2.26. The molecule has 2 rings (SSSR count). The topological polar surface area (TPSA) is 63.7 Å². The van der Waals surface area contributed by atoms with Gasteiger partial charge in [0.15, 0.2) is 0 Å². The first kappa shape index (κ1) is 17.6. The first-order chi connectivity index (χ1) is 10.7. The summed E-state index contributed by atoms with van der Waals surface area (Å²) in [5.41, 5.74) is 0.0733. The van der Waals surface area contributed by atoms with Crippen LogP contribution in [0.1, 0.15) is 10.4 Å². The Morgan fingerprint density at radius 1 is 1.17 bits per heavy atom. The van der Waals surface area contributed by atoms with Gasteiger partial charge in [0.1, 0.15) is 11.6 Å². The number of benzene rings is 2. The van der Waals surface area contributed by atoms with E-state index in [4.69, 9.17) is 4.74 Å². The Labute approximate surface area is 141 Å². The molecule has 0 saturated heterocycles. The normalized spacial score (nSPS) is 11.5. The summed E-state index contributed by atoms with van der Waals surface area (Å²) in [7, 11) is -0.855. The highest BCUT2D eigenvalue weighted by molar-refractivity contribution is 9.10. The fourth-order valence-corrected chi connectivity index (χ4v) is 3.09. The molecule has 0 aliphatic heterocycles. The number of rotatable bonds is 4. The Balaban J connectivity index is 2.30. The molecule has 5 nitrogen and oxygen atoms in total. The largest absolute Gasteiger partial charge is 0.422 e. The summed E-state index contributed by atoms with van der Waals surface area (Å²) < 4.78 is 43.7. The average molecular weight is 402 g/mol. The summed E-state index contributed by atoms with van der Waals surface area (Å²) >= 11 is 3.09. The van der Waals surface area contributed by atoms with Crippen molar-refractivity contribution in [3.63, 3.8) is 0 Å². The third kappa shape index (κ3) is 3.95. The number of esters is 1. The SMILES string of the molecule is CN(C)S(=O)(=O)c1cccc(C(=O)Oc2ccc(F)cc2Br)c1. The molecule has 23 heavy (non-hydrogen) atoms. The van der Waals surface area contributed by atoms with Gasteiger partial charge in [0, 0.05) is 14.1 Å². The standard InChI is InChI=1S/C15H13BrFNO4S/c1-18(2)23(20,21)12-5-3-4-10(8-12)15(19)22-14-7-6-11(17)9-13(14)16/h3-9H,1-2H3. The Hall–Kier alpha value is -1.77. The molecule has 8 heteroatoms. The van der Waals surface area contributed by atoms with Crippen LogP contribution in [-0.4, -0.2) is 32.8 Å². The summed E-state index contributed by atoms with van der Waals surface area (Å²) in [5, 5.41) is 0. The molecule has 0 heterocycles. The molecule has 2 aromatic rings. The number of sulfonamides is 1. The van der Waals surface area contributed by atoms with Crippen LogP contribution in [0.5, 0.6) is 5.75 Å². The molecule has 0 atom stereocenters. The van der Waals surface area contributed by atoms with Crippen molar-refractivity contribution in [3.05, 3.63) is 58.3 Å². The Morgan fingerprint density at radius 2 is 1.87 bits per heavy atom. The van der Waals surface area contributed by atoms with Crippen molar-refractivity contribution in [1.82, 2.24) is 4.31 Å². The quantitative estimate of drug-likeness (QED) is 0.583. The first-order valence-electron chi connectivity index (χ1n) is 6.41. The highest BCUT2D eigenvalue weighted by atomic mass is 79.9. The van der Waals surface area contributed by atoms with Gasteiger partial charge in [-0.2, -0.15) is 0 Å². The zero-order chi connectivity index (χ0) is 17.2. The predicted molar refractivity (Wildman–Crippen MR) is 86.4 cm³/mol. The van der Waals surface area contributed by atoms with Gasteiger partial charge in [0.05, 0.1) is 14.9 Å². The molecule has 0 fully saturated rings. The van der Waals surface area contributed by atoms with Crippen molar-refractivity contribution in [2.75, 3.05) is 14.1 Å². The number of halogens is 2. The molecule has 0 spiro atoms. The van der Waals surface area contributed by atoms with E-state index in [1.54, 1.807) is 0 Å². The molecule has 0 aromatic heterocycles. The maximum atomic E-state index is 13.0. The lowest BCUT2D eigenvalue weighted by atomic mass is 10.2. The molecular weight excluding hydrogens is 389 g/mol. The third-order valence-corrected chi connectivity index (χ3v) is 5.38. The number of ether oxygens (including phenoxy) is 1. The van der Waals surface area contributed by atoms with Crippen molar-refractivity contribution < 1.29 is 22.3 Å². The van der Waals surface area contributed by atoms with Gasteiger partial charge in [-0.3, -0.25) is 0 Å². The van der Waals surface area contributed by atoms with Crippen molar-refractivity contribution in [2.45, 2.75) is 4.90 Å². The molecule has 0 radical (unpaired) electrons. The Kier molecular flexibility index (Phi) is 5.18. The molecule has 0 saturated carbocycles. The minimum atomic E-state index is -3.65. The van der Waals surface area contributed by atoms with Gasteiger partial charge in [0.2, 0.25) is 10.0 Å². The van der Waals surface area contributed by atoms with Crippen LogP contribution < -0.4 is 4.74 Å². The summed E-state index contributed by atoms with van der Waals surface area (Å²) in [6.45, 7) is 0. The van der Waals surface area contributed by atoms with Crippen molar-refractivity contribution in [1.29, 1.82) is 0 Å². The van der Waals surface area contributed by atoms with Crippen LogP contribution in [0, 0.1) is 5.82 Å². The van der Waals surface area contributed by atoms with Gasteiger partial charge in [-0.05, 0) is 52.3 Å². The van der Waals surface area contributed by atoms with Crippen molar-refractivity contribution >= 4 is 31.9 Å². The molecule has 0 N–H and O–H groups in total. The van der Waals surface area contributed by atoms with E-state index >= 15 is 0 Å². The van der Waals surface area contributed by atoms with E-state index in [-0.39, 0.29) is 20.7 Å². The van der Waals surface area contributed by atoms with Crippen LogP contribution in [0.25, 0.3) is 0 Å². The summed E-state index contributed by atoms with van der Waals surface area (Å²) in [5.74, 6) is -1.08. The Morgan fingerprint density at radius 3 is 2.48 bits per heavy atom. The summed E-state index contributed by atoms with van der Waals surface area (Å²) in [6.07, 6.45) is 0. The number of nitrogens with zero attached hydrogens (tertiary/aromatic N) is 1. The fourth-order valence-electron chi connectivity index (χ4n) is 1.71. The zero-order valence-corrected chi connectivity index (χ0v) is 14.7. The van der Waals surface area contributed by atoms with Crippen LogP contribution in [0.15, 0.2) is 51.8 Å². The predicted octanol–water partition coefficient (Wildman–Crippen LogP) is 3.06. The average Bonchev–Trinajstić information content (AvgIpc) is 2.50. The van der Waals surface area contributed by atoms with Gasteiger partial charge < -0.3 is 4.74 Å². The molecule has 0 aliphatic rings.